The van der Waals surface area contributed by atoms with Crippen LogP contribution in [0, 0.1) is 0 Å². The van der Waals surface area contributed by atoms with Gasteiger partial charge in [0, 0.05) is 28.2 Å². The largest absolute Gasteiger partial charge is 0.377 e. The molecule has 2 nitrogen and oxygen atoms in total. The van der Waals surface area contributed by atoms with Crippen LogP contribution in [0.1, 0.15) is 77.6 Å². The lowest BCUT2D eigenvalue weighted by Crippen LogP contribution is -2.68. The van der Waals surface area contributed by atoms with E-state index in [1.165, 1.54) is 61.6 Å². The second-order valence-corrected chi connectivity index (χ2v) is 21.4. The van der Waals surface area contributed by atoms with Crippen LogP contribution in [0.15, 0.2) is 103 Å². The second-order valence-electron chi connectivity index (χ2n) is 17.1. The Morgan fingerprint density at radius 2 is 1.02 bits per heavy atom. The van der Waals surface area contributed by atoms with Gasteiger partial charge in [-0.3, -0.25) is 0 Å². The minimum absolute atomic E-state index is 0.00747. The number of nitrogens with zero attached hydrogens (tertiary/aromatic N) is 2. The van der Waals surface area contributed by atoms with E-state index in [0.29, 0.717) is 0 Å². The quantitative estimate of drug-likeness (QED) is 0.171. The summed E-state index contributed by atoms with van der Waals surface area (Å²) in [7, 11) is -2.08. The van der Waals surface area contributed by atoms with Crippen LogP contribution in [0.25, 0.3) is 0 Å². The van der Waals surface area contributed by atoms with Gasteiger partial charge in [0.25, 0.3) is 0 Å². The highest BCUT2D eigenvalue weighted by atomic mass is 28.3. The first kappa shape index (κ1) is 30.3. The molecule has 47 heavy (non-hydrogen) atoms. The Kier molecular flexibility index (Phi) is 6.30. The number of anilines is 5. The first-order chi connectivity index (χ1) is 22.1. The highest BCUT2D eigenvalue weighted by molar-refractivity contribution is 7.04. The summed E-state index contributed by atoms with van der Waals surface area (Å²) < 4.78 is 0. The third-order valence-corrected chi connectivity index (χ3v) is 14.8. The van der Waals surface area contributed by atoms with Gasteiger partial charge in [-0.15, -0.1) is 0 Å². The predicted molar refractivity (Wildman–Crippen MR) is 207 cm³/mol. The highest BCUT2D eigenvalue weighted by Gasteiger charge is 2.51. The smallest absolute Gasteiger partial charge is 0.332 e. The first-order valence-corrected chi connectivity index (χ1v) is 20.3. The lowest BCUT2D eigenvalue weighted by atomic mass is 9.45. The first-order valence-electron chi connectivity index (χ1n) is 17.3. The third kappa shape index (κ3) is 4.10. The molecule has 8 rings (SSSR count). The molecule has 3 heterocycles. The summed E-state index contributed by atoms with van der Waals surface area (Å²) in [6.07, 6.45) is 0. The summed E-state index contributed by atoms with van der Waals surface area (Å²) in [4.78, 5) is 5.40. The summed E-state index contributed by atoms with van der Waals surface area (Å²) in [5.41, 5.74) is 15.0. The van der Waals surface area contributed by atoms with E-state index < -0.39 is 8.07 Å². The standard InChI is InChI=1S/C43H47BN2Si/c1-41(2,3)29-19-16-26-36-39(29)46(40-30(42(4,5)6)20-17-27-37(40)47(36,9)10)44-32-22-12-14-25-35(32)45-34-24-13-11-18-28(34)43(7,8)31-21-15-23-33(44)38(31)45/h11-27H,1-10H3. The van der Waals surface area contributed by atoms with Gasteiger partial charge in [-0.1, -0.05) is 159 Å². The number of para-hydroxylation sites is 5. The molecule has 236 valence electrons. The van der Waals surface area contributed by atoms with E-state index in [-0.39, 0.29) is 23.1 Å². The summed E-state index contributed by atoms with van der Waals surface area (Å²) >= 11 is 0. The van der Waals surface area contributed by atoms with E-state index in [4.69, 9.17) is 0 Å². The van der Waals surface area contributed by atoms with Crippen molar-refractivity contribution in [3.63, 3.8) is 0 Å². The molecule has 3 aliphatic rings. The minimum atomic E-state index is -2.08. The molecule has 3 aliphatic heterocycles. The maximum Gasteiger partial charge on any atom is 0.332 e. The van der Waals surface area contributed by atoms with Crippen molar-refractivity contribution in [3.8, 4) is 0 Å². The van der Waals surface area contributed by atoms with Crippen molar-refractivity contribution in [2.24, 2.45) is 0 Å². The number of hydrogen-bond donors (Lipinski definition) is 0. The summed E-state index contributed by atoms with van der Waals surface area (Å²) in [6, 6.07) is 39.8. The van der Waals surface area contributed by atoms with Gasteiger partial charge in [0.05, 0.1) is 5.69 Å². The van der Waals surface area contributed by atoms with E-state index in [1.807, 2.05) is 0 Å². The van der Waals surface area contributed by atoms with Crippen LogP contribution in [0.2, 0.25) is 13.1 Å². The molecule has 4 heteroatoms. The topological polar surface area (TPSA) is 6.48 Å². The van der Waals surface area contributed by atoms with Crippen molar-refractivity contribution >= 4 is 64.7 Å². The molecule has 0 saturated heterocycles. The van der Waals surface area contributed by atoms with Crippen LogP contribution < -0.4 is 31.0 Å². The lowest BCUT2D eigenvalue weighted by molar-refractivity contribution is 0.588. The zero-order valence-electron chi connectivity index (χ0n) is 29.8. The van der Waals surface area contributed by atoms with Gasteiger partial charge < -0.3 is 9.71 Å². The molecular formula is C43H47BN2Si. The van der Waals surface area contributed by atoms with E-state index in [1.54, 1.807) is 10.4 Å². The number of hydrogen-bond acceptors (Lipinski definition) is 2. The molecule has 0 aromatic heterocycles. The Hall–Kier alpha value is -4.02. The normalized spacial score (nSPS) is 16.9. The Labute approximate surface area is 283 Å². The molecule has 0 N–H and O–H groups in total. The van der Waals surface area contributed by atoms with Crippen molar-refractivity contribution in [2.75, 3.05) is 9.71 Å². The van der Waals surface area contributed by atoms with Gasteiger partial charge in [0.2, 0.25) is 0 Å². The van der Waals surface area contributed by atoms with Crippen molar-refractivity contribution < 1.29 is 0 Å². The van der Waals surface area contributed by atoms with Crippen molar-refractivity contribution in [2.45, 2.75) is 84.7 Å². The highest BCUT2D eigenvalue weighted by Crippen LogP contribution is 2.53. The SMILES string of the molecule is CC(C)(C)c1cccc2c1N(B1c3ccccc3N3c4ccccc4C(C)(C)c4cccc1c43)c1c(C(C)(C)C)cccc1[Si]2(C)C. The average Bonchev–Trinajstić information content (AvgIpc) is 3.02. The molecular weight excluding hydrogens is 583 g/mol. The average molecular weight is 631 g/mol. The van der Waals surface area contributed by atoms with Gasteiger partial charge in [-0.05, 0) is 66.5 Å². The zero-order valence-corrected chi connectivity index (χ0v) is 30.8. The van der Waals surface area contributed by atoms with Crippen LogP contribution in [0.5, 0.6) is 0 Å². The van der Waals surface area contributed by atoms with Crippen LogP contribution in [0.4, 0.5) is 28.4 Å². The second kappa shape index (κ2) is 9.76. The molecule has 0 radical (unpaired) electrons. The fraction of sp³-hybridized carbons (Fsp3) is 0.302. The molecule has 0 bridgehead atoms. The number of rotatable bonds is 1. The maximum absolute atomic E-state index is 2.82. The monoisotopic (exact) mass is 630 g/mol. The van der Waals surface area contributed by atoms with E-state index in [0.717, 1.165) is 0 Å². The number of fused-ring (bicyclic) bond motifs is 6. The van der Waals surface area contributed by atoms with Crippen molar-refractivity contribution in [1.82, 2.24) is 0 Å². The van der Waals surface area contributed by atoms with Gasteiger partial charge >= 0.3 is 6.85 Å². The summed E-state index contributed by atoms with van der Waals surface area (Å²) in [5.74, 6) is 0. The van der Waals surface area contributed by atoms with E-state index in [9.17, 15) is 0 Å². The molecule has 0 aliphatic carbocycles. The Morgan fingerprint density at radius 3 is 1.62 bits per heavy atom. The van der Waals surface area contributed by atoms with Gasteiger partial charge in [-0.25, -0.2) is 0 Å². The van der Waals surface area contributed by atoms with Gasteiger partial charge in [0.15, 0.2) is 0 Å². The summed E-state index contributed by atoms with van der Waals surface area (Å²) in [6.45, 7) is 24.3. The van der Waals surface area contributed by atoms with Crippen molar-refractivity contribution in [1.29, 1.82) is 0 Å². The molecule has 0 atom stereocenters. The zero-order chi connectivity index (χ0) is 33.3. The molecule has 0 fully saturated rings. The molecule has 0 unspecified atom stereocenters. The molecule has 5 aromatic rings. The lowest BCUT2D eigenvalue weighted by Gasteiger charge is -2.52. The van der Waals surface area contributed by atoms with Crippen LogP contribution in [-0.2, 0) is 16.2 Å². The van der Waals surface area contributed by atoms with Crippen LogP contribution in [0.3, 0.4) is 0 Å². The van der Waals surface area contributed by atoms with Crippen LogP contribution >= 0.6 is 0 Å². The predicted octanol–water partition coefficient (Wildman–Crippen LogP) is 8.78. The van der Waals surface area contributed by atoms with E-state index >= 15 is 0 Å². The fourth-order valence-electron chi connectivity index (χ4n) is 8.96. The number of benzene rings is 5. The minimum Gasteiger partial charge on any atom is -0.377 e. The third-order valence-electron chi connectivity index (χ3n) is 11.3. The van der Waals surface area contributed by atoms with E-state index in [2.05, 4.69) is 181 Å². The van der Waals surface area contributed by atoms with Gasteiger partial charge in [0.1, 0.15) is 8.07 Å². The maximum atomic E-state index is 2.82. The molecule has 0 amide bonds. The summed E-state index contributed by atoms with van der Waals surface area (Å²) in [5, 5.41) is 3.08. The fourth-order valence-corrected chi connectivity index (χ4v) is 12.0. The molecule has 0 saturated carbocycles. The van der Waals surface area contributed by atoms with Crippen LogP contribution in [-0.4, -0.2) is 14.9 Å². The Morgan fingerprint density at radius 1 is 0.532 bits per heavy atom. The molecule has 5 aromatic carbocycles. The van der Waals surface area contributed by atoms with Gasteiger partial charge in [-0.2, -0.15) is 0 Å². The Bertz CT molecular complexity index is 2030. The van der Waals surface area contributed by atoms with Crippen molar-refractivity contribution in [3.05, 3.63) is 125 Å². The Balaban J connectivity index is 1.55. The molecule has 0 spiro atoms.